The van der Waals surface area contributed by atoms with Gasteiger partial charge in [-0.1, -0.05) is 20.8 Å². The van der Waals surface area contributed by atoms with Crippen LogP contribution in [-0.4, -0.2) is 30.4 Å². The summed E-state index contributed by atoms with van der Waals surface area (Å²) in [7, 11) is 1.83. The van der Waals surface area contributed by atoms with Gasteiger partial charge in [0, 0.05) is 13.6 Å². The van der Waals surface area contributed by atoms with Crippen LogP contribution in [0.15, 0.2) is 4.99 Å². The van der Waals surface area contributed by atoms with E-state index in [9.17, 15) is 0 Å². The van der Waals surface area contributed by atoms with Crippen LogP contribution in [0.3, 0.4) is 0 Å². The second kappa shape index (κ2) is 4.11. The average molecular weight is 185 g/mol. The fraction of sp³-hybridized carbons (Fsp3) is 0.750. The number of hydrogen-bond donors (Lipinski definition) is 3. The number of aliphatic imine (C=N–C) groups is 1. The Morgan fingerprint density at radius 3 is 2.15 bits per heavy atom. The van der Waals surface area contributed by atoms with E-state index in [0.29, 0.717) is 0 Å². The Kier molecular flexibility index (Phi) is 3.71. The van der Waals surface area contributed by atoms with E-state index in [1.54, 1.807) is 4.90 Å². The lowest BCUT2D eigenvalue weighted by molar-refractivity contribution is 0.304. The zero-order valence-corrected chi connectivity index (χ0v) is 8.76. The van der Waals surface area contributed by atoms with Gasteiger partial charge in [0.25, 0.3) is 0 Å². The molecule has 0 fully saturated rings. The minimum atomic E-state index is -0.266. The van der Waals surface area contributed by atoms with Gasteiger partial charge in [0.05, 0.1) is 0 Å². The van der Waals surface area contributed by atoms with E-state index in [1.807, 2.05) is 7.05 Å². The minimum absolute atomic E-state index is 0.145. The smallest absolute Gasteiger partial charge is 0.215 e. The van der Waals surface area contributed by atoms with Crippen molar-refractivity contribution >= 4 is 11.9 Å². The first-order chi connectivity index (χ1) is 5.72. The number of nitrogens with zero attached hydrogens (tertiary/aromatic N) is 2. The van der Waals surface area contributed by atoms with E-state index < -0.39 is 0 Å². The molecule has 0 rings (SSSR count). The molecule has 0 radical (unpaired) electrons. The van der Waals surface area contributed by atoms with Gasteiger partial charge in [0.2, 0.25) is 5.96 Å². The molecule has 0 heterocycles. The maximum atomic E-state index is 6.93. The number of hydrogen-bond acceptors (Lipinski definition) is 1. The molecular formula is C8H19N5. The first kappa shape index (κ1) is 11.7. The second-order valence-electron chi connectivity index (χ2n) is 4.27. The van der Waals surface area contributed by atoms with E-state index in [1.165, 1.54) is 0 Å². The summed E-state index contributed by atoms with van der Waals surface area (Å²) < 4.78 is 0. The SMILES string of the molecule is CN(CC(C)(C)C)/C(N)=N/C(=N)N. The molecule has 0 aromatic rings. The maximum Gasteiger partial charge on any atom is 0.215 e. The van der Waals surface area contributed by atoms with Crippen LogP contribution in [0.5, 0.6) is 0 Å². The molecule has 0 atom stereocenters. The Hall–Kier alpha value is -1.26. The molecule has 13 heavy (non-hydrogen) atoms. The third-order valence-electron chi connectivity index (χ3n) is 1.34. The van der Waals surface area contributed by atoms with Crippen molar-refractivity contribution in [3.8, 4) is 0 Å². The molecule has 0 saturated carbocycles. The van der Waals surface area contributed by atoms with Crippen LogP contribution in [-0.2, 0) is 0 Å². The molecule has 0 aliphatic rings. The van der Waals surface area contributed by atoms with Crippen LogP contribution in [0.2, 0.25) is 0 Å². The largest absolute Gasteiger partial charge is 0.369 e. The van der Waals surface area contributed by atoms with E-state index in [-0.39, 0.29) is 17.3 Å². The van der Waals surface area contributed by atoms with Gasteiger partial charge < -0.3 is 16.4 Å². The lowest BCUT2D eigenvalue weighted by Crippen LogP contribution is -2.40. The van der Waals surface area contributed by atoms with E-state index in [4.69, 9.17) is 16.9 Å². The fourth-order valence-corrected chi connectivity index (χ4v) is 1.00. The van der Waals surface area contributed by atoms with Crippen LogP contribution in [0.4, 0.5) is 0 Å². The summed E-state index contributed by atoms with van der Waals surface area (Å²) in [6.07, 6.45) is 0. The lowest BCUT2D eigenvalue weighted by atomic mass is 9.96. The maximum absolute atomic E-state index is 6.93. The standard InChI is InChI=1S/C8H19N5/c1-8(2,3)5-13(4)7(11)12-6(9)10/h5H2,1-4H3,(H5,9,10,11,12). The van der Waals surface area contributed by atoms with Crippen molar-refractivity contribution in [2.45, 2.75) is 20.8 Å². The highest BCUT2D eigenvalue weighted by Crippen LogP contribution is 2.13. The molecule has 5 heteroatoms. The normalized spacial score (nSPS) is 12.8. The Balaban J connectivity index is 4.27. The summed E-state index contributed by atoms with van der Waals surface area (Å²) in [5.41, 5.74) is 10.8. The monoisotopic (exact) mass is 185 g/mol. The van der Waals surface area contributed by atoms with Crippen molar-refractivity contribution < 1.29 is 0 Å². The first-order valence-electron chi connectivity index (χ1n) is 4.12. The summed E-state index contributed by atoms with van der Waals surface area (Å²) in [4.78, 5) is 5.42. The molecule has 76 valence electrons. The molecule has 0 saturated heterocycles. The van der Waals surface area contributed by atoms with Crippen molar-refractivity contribution in [3.05, 3.63) is 0 Å². The van der Waals surface area contributed by atoms with E-state index in [2.05, 4.69) is 25.8 Å². The number of guanidine groups is 2. The van der Waals surface area contributed by atoms with Crippen LogP contribution >= 0.6 is 0 Å². The topological polar surface area (TPSA) is 91.5 Å². The lowest BCUT2D eigenvalue weighted by Gasteiger charge is -2.27. The Bertz CT molecular complexity index is 213. The predicted octanol–water partition coefficient (Wildman–Crippen LogP) is 0.172. The number of nitrogens with two attached hydrogens (primary N) is 2. The van der Waals surface area contributed by atoms with Crippen molar-refractivity contribution in [2.75, 3.05) is 13.6 Å². The van der Waals surface area contributed by atoms with Crippen molar-refractivity contribution in [1.82, 2.24) is 4.90 Å². The van der Waals surface area contributed by atoms with Crippen molar-refractivity contribution in [3.63, 3.8) is 0 Å². The van der Waals surface area contributed by atoms with Crippen LogP contribution in [0.1, 0.15) is 20.8 Å². The van der Waals surface area contributed by atoms with Gasteiger partial charge >= 0.3 is 0 Å². The van der Waals surface area contributed by atoms with Gasteiger partial charge in [-0.3, -0.25) is 5.41 Å². The fourth-order valence-electron chi connectivity index (χ4n) is 1.00. The van der Waals surface area contributed by atoms with Crippen molar-refractivity contribution in [1.29, 1.82) is 5.41 Å². The molecule has 0 aromatic carbocycles. The summed E-state index contributed by atoms with van der Waals surface area (Å²) in [6.45, 7) is 7.08. The molecule has 5 nitrogen and oxygen atoms in total. The van der Waals surface area contributed by atoms with Gasteiger partial charge in [-0.15, -0.1) is 0 Å². The number of rotatable bonds is 1. The Labute approximate surface area is 79.3 Å². The van der Waals surface area contributed by atoms with E-state index >= 15 is 0 Å². The van der Waals surface area contributed by atoms with Gasteiger partial charge in [-0.05, 0) is 5.41 Å². The Morgan fingerprint density at radius 2 is 1.85 bits per heavy atom. The molecule has 0 spiro atoms. The summed E-state index contributed by atoms with van der Waals surface area (Å²) in [5.74, 6) is 0.0145. The molecule has 0 aliphatic heterocycles. The molecule has 5 N–H and O–H groups in total. The van der Waals surface area contributed by atoms with Crippen LogP contribution in [0, 0.1) is 10.8 Å². The number of nitrogens with one attached hydrogen (secondary N) is 1. The summed E-state index contributed by atoms with van der Waals surface area (Å²) in [5, 5.41) is 6.93. The zero-order valence-electron chi connectivity index (χ0n) is 8.76. The highest BCUT2D eigenvalue weighted by Gasteiger charge is 2.14. The molecule has 0 bridgehead atoms. The zero-order chi connectivity index (χ0) is 10.6. The quantitative estimate of drug-likeness (QED) is 0.402. The third-order valence-corrected chi connectivity index (χ3v) is 1.34. The molecule has 0 amide bonds. The van der Waals surface area contributed by atoms with Gasteiger partial charge in [-0.25, -0.2) is 0 Å². The minimum Gasteiger partial charge on any atom is -0.369 e. The van der Waals surface area contributed by atoms with Crippen LogP contribution in [0.25, 0.3) is 0 Å². The highest BCUT2D eigenvalue weighted by molar-refractivity contribution is 5.91. The summed E-state index contributed by atoms with van der Waals surface area (Å²) >= 11 is 0. The van der Waals surface area contributed by atoms with Gasteiger partial charge in [-0.2, -0.15) is 4.99 Å². The molecule has 0 unspecified atom stereocenters. The van der Waals surface area contributed by atoms with E-state index in [0.717, 1.165) is 6.54 Å². The average Bonchev–Trinajstić information content (AvgIpc) is 1.81. The predicted molar refractivity (Wildman–Crippen MR) is 55.6 cm³/mol. The summed E-state index contributed by atoms with van der Waals surface area (Å²) in [6, 6.07) is 0. The highest BCUT2D eigenvalue weighted by atomic mass is 15.2. The third kappa shape index (κ3) is 5.95. The van der Waals surface area contributed by atoms with Crippen LogP contribution < -0.4 is 11.5 Å². The first-order valence-corrected chi connectivity index (χ1v) is 4.12. The van der Waals surface area contributed by atoms with Gasteiger partial charge in [0.1, 0.15) is 0 Å². The van der Waals surface area contributed by atoms with Gasteiger partial charge in [0.15, 0.2) is 5.96 Å². The molecule has 0 aromatic heterocycles. The second-order valence-corrected chi connectivity index (χ2v) is 4.27. The van der Waals surface area contributed by atoms with Crippen molar-refractivity contribution in [2.24, 2.45) is 21.9 Å². The Morgan fingerprint density at radius 1 is 1.38 bits per heavy atom. The molecule has 0 aliphatic carbocycles. The molecular weight excluding hydrogens is 166 g/mol.